The molecule has 0 aromatic heterocycles. The molecule has 1 rings (SSSR count). The number of nitrogens with one attached hydrogen (secondary N) is 1. The average Bonchev–Trinajstić information content (AvgIpc) is 2.16. The molecule has 0 aliphatic carbocycles. The van der Waals surface area contributed by atoms with Crippen molar-refractivity contribution < 1.29 is 28.6 Å². The second-order valence-electron chi connectivity index (χ2n) is 2.81. The smallest absolute Gasteiger partial charge is 0.353 e. The predicted molar refractivity (Wildman–Crippen MR) is 47.5 cm³/mol. The van der Waals surface area contributed by atoms with Gasteiger partial charge in [-0.1, -0.05) is 6.07 Å². The highest BCUT2D eigenvalue weighted by atomic mass is 19.1. The molecule has 16 heavy (non-hydrogen) atoms. The van der Waals surface area contributed by atoms with E-state index in [1.54, 1.807) is 0 Å². The lowest BCUT2D eigenvalue weighted by Gasteiger charge is -2.09. The monoisotopic (exact) mass is 231 g/mol. The van der Waals surface area contributed by atoms with Gasteiger partial charge in [0.25, 0.3) is 5.91 Å². The van der Waals surface area contributed by atoms with Crippen molar-refractivity contribution in [2.45, 2.75) is 6.23 Å². The van der Waals surface area contributed by atoms with E-state index in [0.29, 0.717) is 0 Å². The highest BCUT2D eigenvalue weighted by Gasteiger charge is 2.22. The molecule has 0 unspecified atom stereocenters. The third-order valence-corrected chi connectivity index (χ3v) is 1.69. The molecular formula is C9H7F2NO4. The van der Waals surface area contributed by atoms with Crippen LogP contribution in [0, 0.1) is 11.6 Å². The summed E-state index contributed by atoms with van der Waals surface area (Å²) in [5.41, 5.74) is -0.942. The number of hydrogen-bond acceptors (Lipinski definition) is 3. The molecule has 1 aromatic rings. The third-order valence-electron chi connectivity index (χ3n) is 1.69. The van der Waals surface area contributed by atoms with Gasteiger partial charge in [0.1, 0.15) is 17.2 Å². The average molecular weight is 231 g/mol. The van der Waals surface area contributed by atoms with Gasteiger partial charge in [-0.15, -0.1) is 0 Å². The van der Waals surface area contributed by atoms with Crippen LogP contribution in [-0.4, -0.2) is 28.3 Å². The molecular weight excluding hydrogens is 224 g/mol. The maximum absolute atomic E-state index is 13.0. The van der Waals surface area contributed by atoms with Gasteiger partial charge in [0.2, 0.25) is 6.23 Å². The fourth-order valence-corrected chi connectivity index (χ4v) is 0.973. The Morgan fingerprint density at radius 3 is 2.19 bits per heavy atom. The Bertz CT molecular complexity index is 415. The van der Waals surface area contributed by atoms with Crippen molar-refractivity contribution in [2.75, 3.05) is 0 Å². The molecule has 86 valence electrons. The van der Waals surface area contributed by atoms with Gasteiger partial charge in [-0.25, -0.2) is 13.6 Å². The van der Waals surface area contributed by atoms with Crippen molar-refractivity contribution in [2.24, 2.45) is 0 Å². The summed E-state index contributed by atoms with van der Waals surface area (Å²) < 4.78 is 26.0. The van der Waals surface area contributed by atoms with Gasteiger partial charge < -0.3 is 15.5 Å². The molecule has 0 heterocycles. The van der Waals surface area contributed by atoms with Crippen LogP contribution < -0.4 is 5.32 Å². The van der Waals surface area contributed by atoms with Crippen LogP contribution in [0.4, 0.5) is 8.78 Å². The number of carboxylic acids is 1. The largest absolute Gasteiger partial charge is 0.478 e. The standard InChI is InChI=1S/C9H7F2NO4/c10-4-2-1-3-5(11)6(4)7(13)12-8(14)9(15)16/h1-3,8,14H,(H,12,13)(H,15,16)/t8-/m0/s1. The first-order valence-corrected chi connectivity index (χ1v) is 4.09. The Balaban J connectivity index is 2.93. The van der Waals surface area contributed by atoms with Crippen LogP contribution in [0.3, 0.4) is 0 Å². The van der Waals surface area contributed by atoms with Gasteiger partial charge in [0.05, 0.1) is 0 Å². The number of rotatable bonds is 3. The number of carbonyl (C=O) groups is 2. The van der Waals surface area contributed by atoms with E-state index in [1.165, 1.54) is 5.32 Å². The molecule has 3 N–H and O–H groups in total. The van der Waals surface area contributed by atoms with Crippen molar-refractivity contribution in [1.82, 2.24) is 5.32 Å². The van der Waals surface area contributed by atoms with E-state index < -0.39 is 35.3 Å². The maximum atomic E-state index is 13.0. The van der Waals surface area contributed by atoms with Gasteiger partial charge in [-0.2, -0.15) is 0 Å². The Hall–Kier alpha value is -2.02. The van der Waals surface area contributed by atoms with E-state index in [4.69, 9.17) is 10.2 Å². The molecule has 7 heteroatoms. The van der Waals surface area contributed by atoms with E-state index >= 15 is 0 Å². The van der Waals surface area contributed by atoms with Crippen LogP contribution in [0.2, 0.25) is 0 Å². The summed E-state index contributed by atoms with van der Waals surface area (Å²) in [6.45, 7) is 0. The second kappa shape index (κ2) is 4.67. The molecule has 0 radical (unpaired) electrons. The zero-order valence-corrected chi connectivity index (χ0v) is 7.78. The Labute approximate surface area is 88.3 Å². The summed E-state index contributed by atoms with van der Waals surface area (Å²) in [6, 6.07) is 2.73. The third kappa shape index (κ3) is 2.51. The number of halogens is 2. The van der Waals surface area contributed by atoms with Crippen LogP contribution in [0.15, 0.2) is 18.2 Å². The highest BCUT2D eigenvalue weighted by Crippen LogP contribution is 2.11. The van der Waals surface area contributed by atoms with E-state index in [1.807, 2.05) is 0 Å². The zero-order valence-electron chi connectivity index (χ0n) is 7.78. The number of aliphatic carboxylic acids is 1. The topological polar surface area (TPSA) is 86.6 Å². The van der Waals surface area contributed by atoms with Crippen molar-refractivity contribution in [3.63, 3.8) is 0 Å². The Morgan fingerprint density at radius 2 is 1.75 bits per heavy atom. The zero-order chi connectivity index (χ0) is 12.3. The lowest BCUT2D eigenvalue weighted by molar-refractivity contribution is -0.147. The van der Waals surface area contributed by atoms with Crippen LogP contribution in [0.25, 0.3) is 0 Å². The summed E-state index contributed by atoms with van der Waals surface area (Å²) in [5.74, 6) is -5.36. The number of aliphatic hydroxyl groups is 1. The molecule has 0 aliphatic rings. The minimum atomic E-state index is -2.22. The van der Waals surface area contributed by atoms with Crippen LogP contribution in [0.5, 0.6) is 0 Å². The predicted octanol–water partition coefficient (Wildman–Crippen LogP) is 0.0976. The van der Waals surface area contributed by atoms with Gasteiger partial charge >= 0.3 is 5.97 Å². The lowest BCUT2D eigenvalue weighted by atomic mass is 10.2. The number of carboxylic acid groups (broad SMARTS) is 1. The number of amides is 1. The summed E-state index contributed by atoms with van der Waals surface area (Å²) in [6.07, 6.45) is -2.22. The molecule has 5 nitrogen and oxygen atoms in total. The Morgan fingerprint density at radius 1 is 1.25 bits per heavy atom. The highest BCUT2D eigenvalue weighted by molar-refractivity contribution is 5.96. The fourth-order valence-electron chi connectivity index (χ4n) is 0.973. The van der Waals surface area contributed by atoms with E-state index in [0.717, 1.165) is 18.2 Å². The van der Waals surface area contributed by atoms with Gasteiger partial charge in [-0.05, 0) is 12.1 Å². The van der Waals surface area contributed by atoms with E-state index in [2.05, 4.69) is 0 Å². The molecule has 0 fully saturated rings. The first kappa shape index (κ1) is 12.1. The van der Waals surface area contributed by atoms with Gasteiger partial charge in [-0.3, -0.25) is 4.79 Å². The molecule has 0 saturated carbocycles. The van der Waals surface area contributed by atoms with Crippen LogP contribution in [0.1, 0.15) is 10.4 Å². The SMILES string of the molecule is O=C(N[C@@H](O)C(=O)O)c1c(F)cccc1F. The lowest BCUT2D eigenvalue weighted by Crippen LogP contribution is -2.41. The number of benzene rings is 1. The van der Waals surface area contributed by atoms with Crippen molar-refractivity contribution in [3.05, 3.63) is 35.4 Å². The van der Waals surface area contributed by atoms with Gasteiger partial charge in [0, 0.05) is 0 Å². The molecule has 0 spiro atoms. The summed E-state index contributed by atoms with van der Waals surface area (Å²) >= 11 is 0. The number of carbonyl (C=O) groups excluding carboxylic acids is 1. The van der Waals surface area contributed by atoms with E-state index in [-0.39, 0.29) is 0 Å². The van der Waals surface area contributed by atoms with Gasteiger partial charge in [0.15, 0.2) is 0 Å². The summed E-state index contributed by atoms with van der Waals surface area (Å²) in [5, 5.41) is 18.5. The van der Waals surface area contributed by atoms with Crippen LogP contribution >= 0.6 is 0 Å². The summed E-state index contributed by atoms with van der Waals surface area (Å²) in [4.78, 5) is 21.4. The normalized spacial score (nSPS) is 11.9. The minimum absolute atomic E-state index is 0.838. The summed E-state index contributed by atoms with van der Waals surface area (Å²) in [7, 11) is 0. The first-order chi connectivity index (χ1) is 7.43. The molecule has 1 amide bonds. The first-order valence-electron chi connectivity index (χ1n) is 4.09. The van der Waals surface area contributed by atoms with E-state index in [9.17, 15) is 18.4 Å². The molecule has 0 saturated heterocycles. The van der Waals surface area contributed by atoms with Crippen LogP contribution in [-0.2, 0) is 4.79 Å². The molecule has 1 atom stereocenters. The minimum Gasteiger partial charge on any atom is -0.478 e. The fraction of sp³-hybridized carbons (Fsp3) is 0.111. The van der Waals surface area contributed by atoms with Crippen molar-refractivity contribution >= 4 is 11.9 Å². The van der Waals surface area contributed by atoms with Crippen molar-refractivity contribution in [3.8, 4) is 0 Å². The number of aliphatic hydroxyl groups excluding tert-OH is 1. The molecule has 0 bridgehead atoms. The quantitative estimate of drug-likeness (QED) is 0.644. The maximum Gasteiger partial charge on any atom is 0.353 e. The van der Waals surface area contributed by atoms with Crippen molar-refractivity contribution in [1.29, 1.82) is 0 Å². The number of hydrogen-bond donors (Lipinski definition) is 3. The second-order valence-corrected chi connectivity index (χ2v) is 2.81. The Kier molecular flexibility index (Phi) is 3.51. The molecule has 1 aromatic carbocycles. The molecule has 0 aliphatic heterocycles.